The van der Waals surface area contributed by atoms with E-state index in [0.29, 0.717) is 57.6 Å². The van der Waals surface area contributed by atoms with Gasteiger partial charge in [-0.15, -0.1) is 0 Å². The third-order valence-electron chi connectivity index (χ3n) is 6.24. The minimum Gasteiger partial charge on any atom is -0.300 e. The second-order valence-corrected chi connectivity index (χ2v) is 12.7. The Balaban J connectivity index is 1.53. The number of halogens is 1. The fraction of sp³-hybridized carbons (Fsp3) is 0.435. The van der Waals surface area contributed by atoms with Crippen LogP contribution in [-0.4, -0.2) is 30.3 Å². The fourth-order valence-electron chi connectivity index (χ4n) is 4.25. The number of amides is 1. The first kappa shape index (κ1) is 21.8. The van der Waals surface area contributed by atoms with Crippen LogP contribution in [0.1, 0.15) is 62.0 Å². The van der Waals surface area contributed by atoms with Gasteiger partial charge >= 0.3 is 0 Å². The Bertz CT molecular complexity index is 1230. The number of sulfone groups is 1. The second kappa shape index (κ2) is 8.39. The van der Waals surface area contributed by atoms with E-state index in [1.54, 1.807) is 12.1 Å². The first-order valence-corrected chi connectivity index (χ1v) is 13.6. The number of hydrogen-bond donors (Lipinski definition) is 1. The van der Waals surface area contributed by atoms with E-state index < -0.39 is 9.84 Å². The van der Waals surface area contributed by atoms with Crippen molar-refractivity contribution in [2.45, 2.75) is 61.0 Å². The molecule has 0 saturated heterocycles. The van der Waals surface area contributed by atoms with E-state index >= 15 is 0 Å². The highest BCUT2D eigenvalue weighted by Gasteiger charge is 2.40. The third kappa shape index (κ3) is 4.54. The molecule has 9 heteroatoms. The SMILES string of the molecule is O=C1CC[C@H](/C=C(/C(=O)Nc2ncc(Cl)s2)c2ccc(S(=O)(=O)C3CC3)c(C3CC3)c2)C1. The van der Waals surface area contributed by atoms with Crippen LogP contribution in [0.4, 0.5) is 5.13 Å². The number of anilines is 1. The summed E-state index contributed by atoms with van der Waals surface area (Å²) in [6.07, 6.45) is 8.32. The average molecular weight is 491 g/mol. The topological polar surface area (TPSA) is 93.2 Å². The van der Waals surface area contributed by atoms with Gasteiger partial charge in [0, 0.05) is 18.4 Å². The Morgan fingerprint density at radius 1 is 1.19 bits per heavy atom. The summed E-state index contributed by atoms with van der Waals surface area (Å²) >= 11 is 7.11. The summed E-state index contributed by atoms with van der Waals surface area (Å²) in [6, 6.07) is 5.25. The van der Waals surface area contributed by atoms with Crippen molar-refractivity contribution >= 4 is 55.2 Å². The van der Waals surface area contributed by atoms with Crippen molar-refractivity contribution in [3.63, 3.8) is 0 Å². The van der Waals surface area contributed by atoms with Crippen LogP contribution in [0.3, 0.4) is 0 Å². The van der Waals surface area contributed by atoms with Crippen molar-refractivity contribution in [1.29, 1.82) is 0 Å². The fourth-order valence-corrected chi connectivity index (χ4v) is 6.98. The Hall–Kier alpha value is -2.03. The largest absolute Gasteiger partial charge is 0.300 e. The zero-order valence-corrected chi connectivity index (χ0v) is 19.7. The van der Waals surface area contributed by atoms with E-state index in [2.05, 4.69) is 10.3 Å². The molecule has 0 spiro atoms. The first-order chi connectivity index (χ1) is 15.3. The van der Waals surface area contributed by atoms with Gasteiger partial charge in [-0.3, -0.25) is 14.9 Å². The van der Waals surface area contributed by atoms with E-state index in [-0.39, 0.29) is 28.8 Å². The Morgan fingerprint density at radius 3 is 2.56 bits per heavy atom. The maximum Gasteiger partial charge on any atom is 0.257 e. The molecule has 6 nitrogen and oxygen atoms in total. The summed E-state index contributed by atoms with van der Waals surface area (Å²) in [5.41, 5.74) is 1.92. The van der Waals surface area contributed by atoms with E-state index in [1.807, 2.05) is 12.1 Å². The molecule has 168 valence electrons. The van der Waals surface area contributed by atoms with Gasteiger partial charge in [0.05, 0.1) is 16.3 Å². The molecule has 5 rings (SSSR count). The molecule has 3 aliphatic carbocycles. The molecular weight excluding hydrogens is 468 g/mol. The van der Waals surface area contributed by atoms with Gasteiger partial charge in [0.2, 0.25) is 0 Å². The lowest BCUT2D eigenvalue weighted by Gasteiger charge is -2.15. The molecule has 1 atom stereocenters. The van der Waals surface area contributed by atoms with E-state index in [4.69, 9.17) is 11.6 Å². The van der Waals surface area contributed by atoms with Gasteiger partial charge in [-0.1, -0.05) is 35.1 Å². The molecular formula is C23H23ClN2O4S2. The molecule has 3 saturated carbocycles. The lowest BCUT2D eigenvalue weighted by Crippen LogP contribution is -2.15. The van der Waals surface area contributed by atoms with Gasteiger partial charge in [0.1, 0.15) is 10.1 Å². The molecule has 0 unspecified atom stereocenters. The average Bonchev–Trinajstić information content (AvgIpc) is 3.68. The highest BCUT2D eigenvalue weighted by atomic mass is 35.5. The van der Waals surface area contributed by atoms with Crippen LogP contribution in [-0.2, 0) is 19.4 Å². The van der Waals surface area contributed by atoms with Gasteiger partial charge in [-0.05, 0) is 67.2 Å². The molecule has 1 amide bonds. The number of thiazole rings is 1. The van der Waals surface area contributed by atoms with Gasteiger partial charge in [-0.25, -0.2) is 13.4 Å². The predicted molar refractivity (Wildman–Crippen MR) is 125 cm³/mol. The van der Waals surface area contributed by atoms with Crippen molar-refractivity contribution in [3.05, 3.63) is 45.9 Å². The number of carbonyl (C=O) groups is 2. The normalized spacial score (nSPS) is 21.7. The van der Waals surface area contributed by atoms with Crippen LogP contribution >= 0.6 is 22.9 Å². The zero-order chi connectivity index (χ0) is 22.5. The van der Waals surface area contributed by atoms with E-state index in [9.17, 15) is 18.0 Å². The molecule has 0 aliphatic heterocycles. The molecule has 1 heterocycles. The summed E-state index contributed by atoms with van der Waals surface area (Å²) in [4.78, 5) is 29.5. The molecule has 3 fully saturated rings. The number of allylic oxidation sites excluding steroid dienone is 1. The third-order valence-corrected chi connectivity index (χ3v) is 9.60. The Labute approximate surface area is 196 Å². The number of aromatic nitrogens is 1. The Morgan fingerprint density at radius 2 is 1.97 bits per heavy atom. The lowest BCUT2D eigenvalue weighted by atomic mass is 9.96. The summed E-state index contributed by atoms with van der Waals surface area (Å²) in [7, 11) is -3.33. The summed E-state index contributed by atoms with van der Waals surface area (Å²) in [5.74, 6) is 0.0631. The predicted octanol–water partition coefficient (Wildman–Crippen LogP) is 5.00. The molecule has 3 aliphatic rings. The first-order valence-electron chi connectivity index (χ1n) is 10.9. The van der Waals surface area contributed by atoms with E-state index in [1.165, 1.54) is 17.5 Å². The van der Waals surface area contributed by atoms with Crippen molar-refractivity contribution in [2.24, 2.45) is 5.92 Å². The zero-order valence-electron chi connectivity index (χ0n) is 17.3. The van der Waals surface area contributed by atoms with Crippen molar-refractivity contribution in [1.82, 2.24) is 4.98 Å². The Kier molecular flexibility index (Phi) is 5.72. The van der Waals surface area contributed by atoms with Crippen molar-refractivity contribution in [3.8, 4) is 0 Å². The lowest BCUT2D eigenvalue weighted by molar-refractivity contribution is -0.117. The number of benzene rings is 1. The molecule has 2 aromatic rings. The van der Waals surface area contributed by atoms with Crippen LogP contribution in [0.2, 0.25) is 4.34 Å². The maximum atomic E-state index is 13.2. The highest BCUT2D eigenvalue weighted by Crippen LogP contribution is 2.46. The van der Waals surface area contributed by atoms with Crippen molar-refractivity contribution in [2.75, 3.05) is 5.32 Å². The number of nitrogens with zero attached hydrogens (tertiary/aromatic N) is 1. The van der Waals surface area contributed by atoms with E-state index in [0.717, 1.165) is 18.4 Å². The molecule has 0 radical (unpaired) electrons. The van der Waals surface area contributed by atoms with Gasteiger partial charge in [0.15, 0.2) is 15.0 Å². The van der Waals surface area contributed by atoms with Gasteiger partial charge in [-0.2, -0.15) is 0 Å². The minimum absolute atomic E-state index is 0.0117. The quantitative estimate of drug-likeness (QED) is 0.551. The number of nitrogens with one attached hydrogen (secondary N) is 1. The maximum absolute atomic E-state index is 13.2. The molecule has 1 N–H and O–H groups in total. The number of rotatable bonds is 7. The van der Waals surface area contributed by atoms with Crippen LogP contribution in [0.5, 0.6) is 0 Å². The summed E-state index contributed by atoms with van der Waals surface area (Å²) in [5, 5.41) is 2.91. The number of carbonyl (C=O) groups excluding carboxylic acids is 2. The molecule has 1 aromatic carbocycles. The number of Topliss-reactive ketones (excluding diaryl/α,β-unsaturated/α-hetero) is 1. The molecule has 32 heavy (non-hydrogen) atoms. The van der Waals surface area contributed by atoms with Crippen LogP contribution < -0.4 is 5.32 Å². The monoisotopic (exact) mass is 490 g/mol. The minimum atomic E-state index is -3.33. The van der Waals surface area contributed by atoms with Gasteiger partial charge in [0.25, 0.3) is 5.91 Å². The summed E-state index contributed by atoms with van der Waals surface area (Å²) < 4.78 is 26.4. The second-order valence-electron chi connectivity index (χ2n) is 8.82. The summed E-state index contributed by atoms with van der Waals surface area (Å²) in [6.45, 7) is 0. The molecule has 0 bridgehead atoms. The van der Waals surface area contributed by atoms with Crippen LogP contribution in [0, 0.1) is 5.92 Å². The number of hydrogen-bond acceptors (Lipinski definition) is 6. The van der Waals surface area contributed by atoms with Gasteiger partial charge < -0.3 is 0 Å². The number of ketones is 1. The standard InChI is InChI=1S/C23H23ClN2O4S2/c24-21-12-25-23(31-21)26-22(28)19(10-13-1-5-16(27)9-13)15-4-8-20(18(11-15)14-2-3-14)32(29,30)17-6-7-17/h4,8,10-14,17H,1-3,5-7,9H2,(H,25,26,28)/b19-10+/t13-/m0/s1. The highest BCUT2D eigenvalue weighted by molar-refractivity contribution is 7.92. The van der Waals surface area contributed by atoms with Crippen molar-refractivity contribution < 1.29 is 18.0 Å². The van der Waals surface area contributed by atoms with Crippen LogP contribution in [0.15, 0.2) is 35.4 Å². The van der Waals surface area contributed by atoms with Crippen LogP contribution in [0.25, 0.3) is 5.57 Å². The smallest absolute Gasteiger partial charge is 0.257 e. The molecule has 1 aromatic heterocycles.